The summed E-state index contributed by atoms with van der Waals surface area (Å²) in [5.74, 6) is 7.28. The molecular weight excluding hydrogens is 262 g/mol. The van der Waals surface area contributed by atoms with Gasteiger partial charge in [-0.25, -0.2) is 10.8 Å². The highest BCUT2D eigenvalue weighted by atomic mass is 32.1. The molecule has 0 bridgehead atoms. The fourth-order valence-corrected chi connectivity index (χ4v) is 3.28. The molecule has 2 aromatic rings. The van der Waals surface area contributed by atoms with Gasteiger partial charge in [-0.15, -0.1) is 11.3 Å². The van der Waals surface area contributed by atoms with Crippen LogP contribution in [0.15, 0.2) is 11.4 Å². The summed E-state index contributed by atoms with van der Waals surface area (Å²) in [6.07, 6.45) is 1.64. The molecule has 0 saturated heterocycles. The summed E-state index contributed by atoms with van der Waals surface area (Å²) in [4.78, 5) is 11.8. The Hall–Kier alpha value is -1.44. The van der Waals surface area contributed by atoms with Gasteiger partial charge in [0, 0.05) is 13.6 Å². The maximum atomic E-state index is 9.35. The van der Waals surface area contributed by atoms with Gasteiger partial charge in [-0.1, -0.05) is 0 Å². The standard InChI is InChI=1S/C12H17N5OS/c1-17(6-7-4-8(18)5-7)10-9-2-3-19-11(9)15-12(14-10)16-13/h2-3,7-8,18H,4-6,13H2,1H3,(H,14,15,16). The Morgan fingerprint density at radius 2 is 2.32 bits per heavy atom. The average Bonchev–Trinajstić information content (AvgIpc) is 2.83. The van der Waals surface area contributed by atoms with Crippen molar-refractivity contribution in [3.05, 3.63) is 11.4 Å². The maximum absolute atomic E-state index is 9.35. The number of fused-ring (bicyclic) bond motifs is 1. The topological polar surface area (TPSA) is 87.3 Å². The van der Waals surface area contributed by atoms with Gasteiger partial charge < -0.3 is 10.0 Å². The molecule has 7 heteroatoms. The van der Waals surface area contributed by atoms with E-state index in [-0.39, 0.29) is 6.10 Å². The van der Waals surface area contributed by atoms with Gasteiger partial charge in [0.25, 0.3) is 0 Å². The number of anilines is 2. The molecule has 0 amide bonds. The Balaban J connectivity index is 1.87. The molecule has 1 aliphatic rings. The van der Waals surface area contributed by atoms with Crippen LogP contribution in [0.25, 0.3) is 10.2 Å². The zero-order valence-corrected chi connectivity index (χ0v) is 11.5. The van der Waals surface area contributed by atoms with Gasteiger partial charge in [-0.2, -0.15) is 4.98 Å². The van der Waals surface area contributed by atoms with Crippen LogP contribution >= 0.6 is 11.3 Å². The Kier molecular flexibility index (Phi) is 3.26. The zero-order valence-electron chi connectivity index (χ0n) is 10.7. The smallest absolute Gasteiger partial charge is 0.240 e. The van der Waals surface area contributed by atoms with Crippen molar-refractivity contribution in [3.8, 4) is 0 Å². The number of thiophene rings is 1. The minimum absolute atomic E-state index is 0.119. The number of hydrogen-bond donors (Lipinski definition) is 3. The molecule has 4 N–H and O–H groups in total. The van der Waals surface area contributed by atoms with Crippen LogP contribution in [0.4, 0.5) is 11.8 Å². The number of aliphatic hydroxyl groups excluding tert-OH is 1. The summed E-state index contributed by atoms with van der Waals surface area (Å²) in [6, 6.07) is 2.03. The zero-order chi connectivity index (χ0) is 13.4. The Bertz CT molecular complexity index is 581. The number of hydrogen-bond acceptors (Lipinski definition) is 7. The van der Waals surface area contributed by atoms with Crippen LogP contribution in [0.1, 0.15) is 12.8 Å². The minimum Gasteiger partial charge on any atom is -0.393 e. The molecule has 1 saturated carbocycles. The Labute approximate surface area is 115 Å². The van der Waals surface area contributed by atoms with Crippen molar-refractivity contribution >= 4 is 33.3 Å². The first-order valence-electron chi connectivity index (χ1n) is 6.28. The highest BCUT2D eigenvalue weighted by molar-refractivity contribution is 7.16. The molecule has 0 unspecified atom stereocenters. The van der Waals surface area contributed by atoms with Gasteiger partial charge in [0.2, 0.25) is 5.95 Å². The van der Waals surface area contributed by atoms with Gasteiger partial charge in [-0.05, 0) is 30.2 Å². The number of nitrogens with two attached hydrogens (primary N) is 1. The van der Waals surface area contributed by atoms with E-state index < -0.39 is 0 Å². The molecule has 0 aromatic carbocycles. The van der Waals surface area contributed by atoms with E-state index in [2.05, 4.69) is 20.3 Å². The van der Waals surface area contributed by atoms with E-state index in [0.717, 1.165) is 35.4 Å². The lowest BCUT2D eigenvalue weighted by atomic mass is 9.82. The SMILES string of the molecule is CN(CC1CC(O)C1)c1nc(NN)nc2sccc12. The molecule has 0 radical (unpaired) electrons. The number of rotatable bonds is 4. The van der Waals surface area contributed by atoms with E-state index in [9.17, 15) is 5.11 Å². The second-order valence-electron chi connectivity index (χ2n) is 5.03. The van der Waals surface area contributed by atoms with Crippen molar-refractivity contribution in [2.45, 2.75) is 18.9 Å². The molecule has 1 fully saturated rings. The molecule has 19 heavy (non-hydrogen) atoms. The molecular formula is C12H17N5OS. The molecule has 1 aliphatic carbocycles. The summed E-state index contributed by atoms with van der Waals surface area (Å²) < 4.78 is 0. The highest BCUT2D eigenvalue weighted by Gasteiger charge is 2.28. The lowest BCUT2D eigenvalue weighted by Crippen LogP contribution is -2.37. The number of aliphatic hydroxyl groups is 1. The molecule has 2 heterocycles. The van der Waals surface area contributed by atoms with E-state index in [1.807, 2.05) is 18.5 Å². The number of aromatic nitrogens is 2. The first-order valence-corrected chi connectivity index (χ1v) is 7.16. The van der Waals surface area contributed by atoms with Crippen molar-refractivity contribution in [3.63, 3.8) is 0 Å². The minimum atomic E-state index is -0.119. The monoisotopic (exact) mass is 279 g/mol. The van der Waals surface area contributed by atoms with Crippen LogP contribution in [0, 0.1) is 5.92 Å². The molecule has 0 atom stereocenters. The van der Waals surface area contributed by atoms with E-state index in [0.29, 0.717) is 11.9 Å². The lowest BCUT2D eigenvalue weighted by molar-refractivity contribution is 0.0464. The van der Waals surface area contributed by atoms with Crippen LogP contribution in [-0.4, -0.2) is 34.8 Å². The van der Waals surface area contributed by atoms with Crippen molar-refractivity contribution in [1.29, 1.82) is 0 Å². The highest BCUT2D eigenvalue weighted by Crippen LogP contribution is 2.32. The second kappa shape index (κ2) is 4.92. The van der Waals surface area contributed by atoms with Gasteiger partial charge in [0.05, 0.1) is 11.5 Å². The summed E-state index contributed by atoms with van der Waals surface area (Å²) in [7, 11) is 2.02. The predicted molar refractivity (Wildman–Crippen MR) is 77.2 cm³/mol. The van der Waals surface area contributed by atoms with Crippen LogP contribution in [0.5, 0.6) is 0 Å². The first-order chi connectivity index (χ1) is 9.17. The van der Waals surface area contributed by atoms with Crippen LogP contribution in [0.2, 0.25) is 0 Å². The van der Waals surface area contributed by atoms with Gasteiger partial charge >= 0.3 is 0 Å². The van der Waals surface area contributed by atoms with Crippen molar-refractivity contribution in [2.24, 2.45) is 11.8 Å². The Morgan fingerprint density at radius 1 is 1.53 bits per heavy atom. The van der Waals surface area contributed by atoms with E-state index in [1.54, 1.807) is 11.3 Å². The van der Waals surface area contributed by atoms with E-state index >= 15 is 0 Å². The molecule has 102 valence electrons. The van der Waals surface area contributed by atoms with E-state index in [4.69, 9.17) is 5.84 Å². The van der Waals surface area contributed by atoms with Crippen LogP contribution < -0.4 is 16.2 Å². The number of hydrazine groups is 1. The van der Waals surface area contributed by atoms with Crippen LogP contribution in [0.3, 0.4) is 0 Å². The number of nitrogens with zero attached hydrogens (tertiary/aromatic N) is 3. The second-order valence-corrected chi connectivity index (χ2v) is 5.92. The molecule has 2 aromatic heterocycles. The molecule has 3 rings (SSSR count). The molecule has 0 aliphatic heterocycles. The normalized spacial score (nSPS) is 22.3. The third kappa shape index (κ3) is 2.36. The lowest BCUT2D eigenvalue weighted by Gasteiger charge is -2.35. The van der Waals surface area contributed by atoms with Crippen molar-refractivity contribution < 1.29 is 5.11 Å². The quantitative estimate of drug-likeness (QED) is 0.575. The van der Waals surface area contributed by atoms with Gasteiger partial charge in [0.15, 0.2) is 0 Å². The largest absolute Gasteiger partial charge is 0.393 e. The molecule has 6 nitrogen and oxygen atoms in total. The number of nitrogens with one attached hydrogen (secondary N) is 1. The summed E-state index contributed by atoms with van der Waals surface area (Å²) in [5.41, 5.74) is 2.51. The summed E-state index contributed by atoms with van der Waals surface area (Å²) in [5, 5.41) is 12.4. The van der Waals surface area contributed by atoms with Gasteiger partial charge in [0.1, 0.15) is 10.6 Å². The molecule has 0 spiro atoms. The first kappa shape index (κ1) is 12.6. The average molecular weight is 279 g/mol. The fourth-order valence-electron chi connectivity index (χ4n) is 2.52. The van der Waals surface area contributed by atoms with Gasteiger partial charge in [-0.3, -0.25) is 5.43 Å². The summed E-state index contributed by atoms with van der Waals surface area (Å²) >= 11 is 1.57. The summed E-state index contributed by atoms with van der Waals surface area (Å²) in [6.45, 7) is 0.892. The van der Waals surface area contributed by atoms with Crippen molar-refractivity contribution in [1.82, 2.24) is 9.97 Å². The van der Waals surface area contributed by atoms with Crippen LogP contribution in [-0.2, 0) is 0 Å². The third-order valence-electron chi connectivity index (χ3n) is 3.54. The van der Waals surface area contributed by atoms with E-state index in [1.165, 1.54) is 0 Å². The Morgan fingerprint density at radius 3 is 3.00 bits per heavy atom. The predicted octanol–water partition coefficient (Wildman–Crippen LogP) is 1.18. The fraction of sp³-hybridized carbons (Fsp3) is 0.500. The maximum Gasteiger partial charge on any atom is 0.240 e. The number of nitrogen functional groups attached to an aromatic ring is 1. The van der Waals surface area contributed by atoms with Crippen molar-refractivity contribution in [2.75, 3.05) is 23.9 Å². The third-order valence-corrected chi connectivity index (χ3v) is 4.35.